The van der Waals surface area contributed by atoms with Gasteiger partial charge in [-0.25, -0.2) is 0 Å². The van der Waals surface area contributed by atoms with Crippen LogP contribution >= 0.6 is 0 Å². The third-order valence-corrected chi connectivity index (χ3v) is 5.57. The van der Waals surface area contributed by atoms with Gasteiger partial charge < -0.3 is 10.2 Å². The van der Waals surface area contributed by atoms with Crippen LogP contribution in [0.3, 0.4) is 0 Å². The van der Waals surface area contributed by atoms with Gasteiger partial charge in [0.05, 0.1) is 11.7 Å². The third kappa shape index (κ3) is 4.29. The zero-order valence-corrected chi connectivity index (χ0v) is 16.9. The van der Waals surface area contributed by atoms with Crippen LogP contribution in [0, 0.1) is 12.8 Å². The zero-order valence-electron chi connectivity index (χ0n) is 16.9. The van der Waals surface area contributed by atoms with Gasteiger partial charge in [-0.15, -0.1) is 0 Å². The maximum absolute atomic E-state index is 13.4. The van der Waals surface area contributed by atoms with Crippen LogP contribution in [0.2, 0.25) is 0 Å². The molecule has 1 aliphatic carbocycles. The molecule has 0 unspecified atom stereocenters. The molecule has 1 atom stereocenters. The standard InChI is InChI=1S/C24H26N4O/c1-17-20(8-5-10-21(17)27-16-18-7-6-13-25-15-18)24(29)28(2)23(19-11-12-19)22-9-3-4-14-26-22/h3-10,13-15,19,23,27H,11-12,16H2,1-2H3/t23-/m0/s1. The number of carbonyl (C=O) groups excluding carboxylic acids is 1. The summed E-state index contributed by atoms with van der Waals surface area (Å²) in [5.41, 5.74) is 4.72. The molecule has 0 spiro atoms. The number of amides is 1. The van der Waals surface area contributed by atoms with Gasteiger partial charge in [0, 0.05) is 43.4 Å². The summed E-state index contributed by atoms with van der Waals surface area (Å²) in [5, 5.41) is 3.44. The number of anilines is 1. The van der Waals surface area contributed by atoms with E-state index in [9.17, 15) is 4.79 Å². The number of hydrogen-bond acceptors (Lipinski definition) is 4. The predicted molar refractivity (Wildman–Crippen MR) is 115 cm³/mol. The molecule has 4 rings (SSSR count). The maximum Gasteiger partial charge on any atom is 0.254 e. The Hall–Kier alpha value is -3.21. The van der Waals surface area contributed by atoms with Gasteiger partial charge >= 0.3 is 0 Å². The molecule has 0 radical (unpaired) electrons. The van der Waals surface area contributed by atoms with Gasteiger partial charge in [0.2, 0.25) is 0 Å². The molecule has 0 bridgehead atoms. The average molecular weight is 386 g/mol. The highest BCUT2D eigenvalue weighted by Gasteiger charge is 2.38. The minimum absolute atomic E-state index is 0.0232. The van der Waals surface area contributed by atoms with Crippen molar-refractivity contribution < 1.29 is 4.79 Å². The lowest BCUT2D eigenvalue weighted by molar-refractivity contribution is 0.0706. The SMILES string of the molecule is Cc1c(NCc2cccnc2)cccc1C(=O)N(C)[C@H](c1ccccn1)C1CC1. The Kier molecular flexibility index (Phi) is 5.56. The summed E-state index contributed by atoms with van der Waals surface area (Å²) in [4.78, 5) is 23.9. The lowest BCUT2D eigenvalue weighted by Crippen LogP contribution is -2.33. The molecule has 2 heterocycles. The van der Waals surface area contributed by atoms with E-state index in [1.807, 2.05) is 73.6 Å². The number of pyridine rings is 2. The highest BCUT2D eigenvalue weighted by molar-refractivity contribution is 5.97. The monoisotopic (exact) mass is 386 g/mol. The first-order valence-corrected chi connectivity index (χ1v) is 10.1. The van der Waals surface area contributed by atoms with E-state index in [0.717, 1.165) is 40.9 Å². The Morgan fingerprint density at radius 1 is 1.14 bits per heavy atom. The third-order valence-electron chi connectivity index (χ3n) is 5.57. The van der Waals surface area contributed by atoms with Gasteiger partial charge in [0.1, 0.15) is 0 Å². The molecule has 148 valence electrons. The Labute approximate surface area is 171 Å². The van der Waals surface area contributed by atoms with Gasteiger partial charge in [-0.1, -0.05) is 18.2 Å². The summed E-state index contributed by atoms with van der Waals surface area (Å²) in [7, 11) is 1.90. The molecule has 5 heteroatoms. The molecule has 1 amide bonds. The van der Waals surface area contributed by atoms with Crippen molar-refractivity contribution in [3.05, 3.63) is 89.5 Å². The second kappa shape index (κ2) is 8.43. The highest BCUT2D eigenvalue weighted by atomic mass is 16.2. The van der Waals surface area contributed by atoms with Crippen LogP contribution in [0.1, 0.15) is 46.1 Å². The Morgan fingerprint density at radius 2 is 2.00 bits per heavy atom. The fraction of sp³-hybridized carbons (Fsp3) is 0.292. The predicted octanol–water partition coefficient (Wildman–Crippen LogP) is 4.62. The summed E-state index contributed by atoms with van der Waals surface area (Å²) in [6.45, 7) is 2.67. The normalized spacial score (nSPS) is 14.3. The molecule has 1 saturated carbocycles. The van der Waals surface area contributed by atoms with E-state index >= 15 is 0 Å². The molecule has 3 aromatic rings. The van der Waals surface area contributed by atoms with Crippen LogP contribution in [0.15, 0.2) is 67.1 Å². The minimum atomic E-state index is 0.0232. The van der Waals surface area contributed by atoms with E-state index in [0.29, 0.717) is 12.5 Å². The molecule has 0 saturated heterocycles. The van der Waals surface area contributed by atoms with E-state index in [1.54, 1.807) is 12.4 Å². The maximum atomic E-state index is 13.4. The molecular weight excluding hydrogens is 360 g/mol. The van der Waals surface area contributed by atoms with Crippen molar-refractivity contribution in [2.75, 3.05) is 12.4 Å². The van der Waals surface area contributed by atoms with Gasteiger partial charge in [0.15, 0.2) is 0 Å². The quantitative estimate of drug-likeness (QED) is 0.644. The minimum Gasteiger partial charge on any atom is -0.381 e. The van der Waals surface area contributed by atoms with Gasteiger partial charge in [-0.05, 0) is 67.1 Å². The molecule has 2 aromatic heterocycles. The molecule has 5 nitrogen and oxygen atoms in total. The van der Waals surface area contributed by atoms with Gasteiger partial charge in [-0.3, -0.25) is 14.8 Å². The average Bonchev–Trinajstić information content (AvgIpc) is 3.59. The van der Waals surface area contributed by atoms with Crippen LogP contribution in [0.4, 0.5) is 5.69 Å². The van der Waals surface area contributed by atoms with E-state index in [1.165, 1.54) is 0 Å². The highest BCUT2D eigenvalue weighted by Crippen LogP contribution is 2.44. The van der Waals surface area contributed by atoms with E-state index in [2.05, 4.69) is 15.3 Å². The Bertz CT molecular complexity index is 971. The van der Waals surface area contributed by atoms with Crippen LogP contribution in [0.5, 0.6) is 0 Å². The first-order valence-electron chi connectivity index (χ1n) is 10.1. The summed E-state index contributed by atoms with van der Waals surface area (Å²) in [6.07, 6.45) is 7.70. The summed E-state index contributed by atoms with van der Waals surface area (Å²) in [6, 6.07) is 15.8. The largest absolute Gasteiger partial charge is 0.381 e. The van der Waals surface area contributed by atoms with Gasteiger partial charge in [-0.2, -0.15) is 0 Å². The van der Waals surface area contributed by atoms with E-state index in [-0.39, 0.29) is 11.9 Å². The van der Waals surface area contributed by atoms with Crippen molar-refractivity contribution in [2.24, 2.45) is 5.92 Å². The Morgan fingerprint density at radius 3 is 2.69 bits per heavy atom. The second-order valence-corrected chi connectivity index (χ2v) is 7.65. The smallest absolute Gasteiger partial charge is 0.254 e. The fourth-order valence-electron chi connectivity index (χ4n) is 3.79. The van der Waals surface area contributed by atoms with Crippen molar-refractivity contribution in [1.82, 2.24) is 14.9 Å². The van der Waals surface area contributed by atoms with Crippen LogP contribution in [-0.2, 0) is 6.54 Å². The topological polar surface area (TPSA) is 58.1 Å². The lowest BCUT2D eigenvalue weighted by atomic mass is 10.0. The van der Waals surface area contributed by atoms with Crippen LogP contribution in [-0.4, -0.2) is 27.8 Å². The Balaban J connectivity index is 1.55. The zero-order chi connectivity index (χ0) is 20.2. The number of hydrogen-bond donors (Lipinski definition) is 1. The molecule has 0 aliphatic heterocycles. The van der Waals surface area contributed by atoms with Crippen molar-refractivity contribution >= 4 is 11.6 Å². The number of carbonyl (C=O) groups is 1. The molecule has 29 heavy (non-hydrogen) atoms. The first kappa shape index (κ1) is 19.1. The van der Waals surface area contributed by atoms with Crippen molar-refractivity contribution in [3.63, 3.8) is 0 Å². The number of nitrogens with zero attached hydrogens (tertiary/aromatic N) is 3. The lowest BCUT2D eigenvalue weighted by Gasteiger charge is -2.29. The fourth-order valence-corrected chi connectivity index (χ4v) is 3.79. The number of aromatic nitrogens is 2. The summed E-state index contributed by atoms with van der Waals surface area (Å²) < 4.78 is 0. The van der Waals surface area contributed by atoms with Crippen molar-refractivity contribution in [2.45, 2.75) is 32.4 Å². The molecule has 1 aliphatic rings. The molecular formula is C24H26N4O. The molecule has 1 N–H and O–H groups in total. The summed E-state index contributed by atoms with van der Waals surface area (Å²) in [5.74, 6) is 0.529. The van der Waals surface area contributed by atoms with Gasteiger partial charge in [0.25, 0.3) is 5.91 Å². The first-order chi connectivity index (χ1) is 14.1. The van der Waals surface area contributed by atoms with Crippen LogP contribution < -0.4 is 5.32 Å². The second-order valence-electron chi connectivity index (χ2n) is 7.65. The van der Waals surface area contributed by atoms with Crippen molar-refractivity contribution in [3.8, 4) is 0 Å². The van der Waals surface area contributed by atoms with E-state index < -0.39 is 0 Å². The van der Waals surface area contributed by atoms with E-state index in [4.69, 9.17) is 0 Å². The number of benzene rings is 1. The molecule has 1 fully saturated rings. The van der Waals surface area contributed by atoms with Crippen molar-refractivity contribution in [1.29, 1.82) is 0 Å². The number of nitrogens with one attached hydrogen (secondary N) is 1. The number of rotatable bonds is 7. The molecule has 1 aromatic carbocycles. The van der Waals surface area contributed by atoms with Crippen LogP contribution in [0.25, 0.3) is 0 Å². The summed E-state index contributed by atoms with van der Waals surface area (Å²) >= 11 is 0.